The van der Waals surface area contributed by atoms with Gasteiger partial charge in [-0.1, -0.05) is 146 Å². The smallest absolute Gasteiger partial charge is 0.0563 e. The first-order chi connectivity index (χ1) is 27.2. The zero-order valence-electron chi connectivity index (χ0n) is 31.3. The maximum Gasteiger partial charge on any atom is 0.0563 e. The molecule has 0 fully saturated rings. The van der Waals surface area contributed by atoms with Crippen LogP contribution in [0.2, 0.25) is 0 Å². The van der Waals surface area contributed by atoms with Crippen molar-refractivity contribution in [1.29, 1.82) is 0 Å². The molecule has 0 spiro atoms. The van der Waals surface area contributed by atoms with Gasteiger partial charge in [0, 0.05) is 43.5 Å². The van der Waals surface area contributed by atoms with Crippen molar-refractivity contribution in [3.8, 4) is 11.1 Å². The number of thioether (sulfide) groups is 1. The van der Waals surface area contributed by atoms with Crippen molar-refractivity contribution in [2.24, 2.45) is 23.7 Å². The van der Waals surface area contributed by atoms with Crippen molar-refractivity contribution >= 4 is 45.0 Å². The van der Waals surface area contributed by atoms with Gasteiger partial charge in [-0.15, -0.1) is 23.1 Å². The van der Waals surface area contributed by atoms with E-state index < -0.39 is 0 Å². The maximum absolute atomic E-state index is 2.77. The Morgan fingerprint density at radius 3 is 2.51 bits per heavy atom. The molecular formula is C52H47NS2. The van der Waals surface area contributed by atoms with Crippen molar-refractivity contribution in [2.75, 3.05) is 0 Å². The Morgan fingerprint density at radius 2 is 1.62 bits per heavy atom. The molecule has 2 heterocycles. The fraction of sp³-hybridized carbons (Fsp3) is 0.269. The van der Waals surface area contributed by atoms with E-state index in [1.807, 2.05) is 11.3 Å². The molecule has 2 aromatic carbocycles. The zero-order valence-corrected chi connectivity index (χ0v) is 33.0. The number of fused-ring (bicyclic) bond motifs is 5. The fourth-order valence-electron chi connectivity index (χ4n) is 10.4. The summed E-state index contributed by atoms with van der Waals surface area (Å²) in [5.41, 5.74) is 11.8. The average Bonchev–Trinajstić information content (AvgIpc) is 3.83. The lowest BCUT2D eigenvalue weighted by molar-refractivity contribution is 0.395. The van der Waals surface area contributed by atoms with Crippen LogP contribution >= 0.6 is 23.1 Å². The molecule has 0 bridgehead atoms. The van der Waals surface area contributed by atoms with Gasteiger partial charge < -0.3 is 4.90 Å². The lowest BCUT2D eigenvalue weighted by Gasteiger charge is -2.39. The number of rotatable bonds is 6. The average molecular weight is 750 g/mol. The molecule has 8 aliphatic rings. The SMILES string of the molecule is C1=CCC(C2C=CC3=C(C=CC(N(C4=CCC(C5=CC6C7=C(C=CCC7)SC6C=C5)C=C4)C4=c5sc6c(-c7ccccc7)cccc6c5=CCC4)C3)C2)C=C1. The number of allylic oxidation sites excluding steroid dienone is 17. The second kappa shape index (κ2) is 14.2. The quantitative estimate of drug-likeness (QED) is 0.247. The van der Waals surface area contributed by atoms with Crippen LogP contribution in [0.1, 0.15) is 51.4 Å². The summed E-state index contributed by atoms with van der Waals surface area (Å²) in [7, 11) is 0. The number of benzene rings is 2. The third-order valence-electron chi connectivity index (χ3n) is 13.2. The summed E-state index contributed by atoms with van der Waals surface area (Å²) in [6, 6.07) is 18.2. The molecule has 3 aromatic rings. The van der Waals surface area contributed by atoms with Gasteiger partial charge in [-0.25, -0.2) is 0 Å². The topological polar surface area (TPSA) is 3.24 Å². The van der Waals surface area contributed by atoms with Crippen LogP contribution in [0.4, 0.5) is 0 Å². The lowest BCUT2D eigenvalue weighted by atomic mass is 9.76. The molecule has 1 nitrogen and oxygen atoms in total. The minimum Gasteiger partial charge on any atom is -0.337 e. The molecule has 11 rings (SSSR count). The zero-order chi connectivity index (χ0) is 36.3. The van der Waals surface area contributed by atoms with Crippen molar-refractivity contribution in [3.63, 3.8) is 0 Å². The van der Waals surface area contributed by atoms with Crippen molar-refractivity contribution in [1.82, 2.24) is 4.90 Å². The summed E-state index contributed by atoms with van der Waals surface area (Å²) < 4.78 is 2.87. The van der Waals surface area contributed by atoms with Crippen molar-refractivity contribution < 1.29 is 0 Å². The van der Waals surface area contributed by atoms with E-state index >= 15 is 0 Å². The van der Waals surface area contributed by atoms with E-state index in [2.05, 4.69) is 168 Å². The van der Waals surface area contributed by atoms with Crippen LogP contribution in [0, 0.1) is 23.7 Å². The summed E-state index contributed by atoms with van der Waals surface area (Å²) >= 11 is 4.09. The van der Waals surface area contributed by atoms with E-state index in [1.165, 1.54) is 71.3 Å². The summed E-state index contributed by atoms with van der Waals surface area (Å²) in [4.78, 5) is 4.30. The molecule has 7 aliphatic carbocycles. The monoisotopic (exact) mass is 749 g/mol. The highest BCUT2D eigenvalue weighted by atomic mass is 32.2. The molecule has 1 aliphatic heterocycles. The molecule has 3 heteroatoms. The van der Waals surface area contributed by atoms with Gasteiger partial charge in [0.15, 0.2) is 0 Å². The van der Waals surface area contributed by atoms with E-state index in [9.17, 15) is 0 Å². The first-order valence-electron chi connectivity index (χ1n) is 20.6. The Morgan fingerprint density at radius 1 is 0.691 bits per heavy atom. The van der Waals surface area contributed by atoms with E-state index in [1.54, 1.807) is 11.1 Å². The predicted molar refractivity (Wildman–Crippen MR) is 236 cm³/mol. The number of nitrogens with zero attached hydrogens (tertiary/aromatic N) is 1. The van der Waals surface area contributed by atoms with Gasteiger partial charge in [0.25, 0.3) is 0 Å². The first kappa shape index (κ1) is 33.7. The molecule has 0 amide bonds. The second-order valence-corrected chi connectivity index (χ2v) is 18.6. The molecule has 1 aromatic heterocycles. The molecule has 0 saturated heterocycles. The van der Waals surface area contributed by atoms with Crippen LogP contribution in [0.3, 0.4) is 0 Å². The first-order valence-corrected chi connectivity index (χ1v) is 22.3. The van der Waals surface area contributed by atoms with Gasteiger partial charge in [0.1, 0.15) is 0 Å². The Kier molecular flexibility index (Phi) is 8.70. The third-order valence-corrected chi connectivity index (χ3v) is 15.9. The van der Waals surface area contributed by atoms with Gasteiger partial charge in [-0.2, -0.15) is 0 Å². The van der Waals surface area contributed by atoms with Crippen LogP contribution in [0.25, 0.3) is 33.0 Å². The van der Waals surface area contributed by atoms with Gasteiger partial charge >= 0.3 is 0 Å². The Labute approximate surface area is 334 Å². The normalized spacial score (nSPS) is 28.8. The standard InChI is InChI=1S/C52H47NS2/c1-3-11-34(12-4-1)37-21-22-39-32-42(29-25-38(39)31-37)53(41-27-23-35(24-28-41)40-26-30-50-47(33-40)44-15-7-8-20-49(44)54-50)48-19-10-18-46-45-17-9-16-43(51(45)55-52(46)48)36-13-5-2-6-14-36/h1-6,8-9,11,13-14,16-18,20-23,25-30,33-35,37,42,47,50H,7,10,12,15,19,24,31-32H2. The van der Waals surface area contributed by atoms with Gasteiger partial charge in [-0.3, -0.25) is 0 Å². The highest BCUT2D eigenvalue weighted by molar-refractivity contribution is 8.04. The Balaban J connectivity index is 0.960. The van der Waals surface area contributed by atoms with E-state index in [0.29, 0.717) is 28.9 Å². The Hall–Kier alpha value is -4.57. The molecule has 0 N–H and O–H groups in total. The lowest BCUT2D eigenvalue weighted by Crippen LogP contribution is -2.40. The minimum absolute atomic E-state index is 0.277. The van der Waals surface area contributed by atoms with Crippen LogP contribution < -0.4 is 9.75 Å². The second-order valence-electron chi connectivity index (χ2n) is 16.4. The van der Waals surface area contributed by atoms with Gasteiger partial charge in [0.2, 0.25) is 0 Å². The molecule has 0 saturated carbocycles. The molecule has 6 unspecified atom stereocenters. The highest BCUT2D eigenvalue weighted by Gasteiger charge is 2.36. The molecule has 0 radical (unpaired) electrons. The summed E-state index contributed by atoms with van der Waals surface area (Å²) in [6.45, 7) is 0. The fourth-order valence-corrected chi connectivity index (χ4v) is 13.2. The highest BCUT2D eigenvalue weighted by Crippen LogP contribution is 2.50. The molecular weight excluding hydrogens is 703 g/mol. The maximum atomic E-state index is 2.77. The Bertz CT molecular complexity index is 2550. The summed E-state index contributed by atoms with van der Waals surface area (Å²) in [5.74, 6) is 2.17. The van der Waals surface area contributed by atoms with E-state index in [0.717, 1.165) is 38.5 Å². The summed E-state index contributed by atoms with van der Waals surface area (Å²) in [5, 5.41) is 3.40. The largest absolute Gasteiger partial charge is 0.337 e. The van der Waals surface area contributed by atoms with Crippen molar-refractivity contribution in [3.05, 3.63) is 188 Å². The van der Waals surface area contributed by atoms with E-state index in [-0.39, 0.29) is 6.04 Å². The predicted octanol–water partition coefficient (Wildman–Crippen LogP) is 12.2. The third kappa shape index (κ3) is 6.06. The number of hydrogen-bond acceptors (Lipinski definition) is 3. The molecule has 6 atom stereocenters. The van der Waals surface area contributed by atoms with Gasteiger partial charge in [0.05, 0.1) is 10.6 Å². The van der Waals surface area contributed by atoms with E-state index in [4.69, 9.17) is 0 Å². The van der Waals surface area contributed by atoms with Gasteiger partial charge in [-0.05, 0) is 108 Å². The van der Waals surface area contributed by atoms with Crippen LogP contribution in [0.15, 0.2) is 179 Å². The number of thiophene rings is 1. The van der Waals surface area contributed by atoms with Crippen LogP contribution in [0.5, 0.6) is 0 Å². The number of hydrogen-bond donors (Lipinski definition) is 0. The summed E-state index contributed by atoms with van der Waals surface area (Å²) in [6.07, 6.45) is 50.6. The van der Waals surface area contributed by atoms with Crippen LogP contribution in [-0.4, -0.2) is 16.2 Å². The molecule has 55 heavy (non-hydrogen) atoms. The van der Waals surface area contributed by atoms with Crippen LogP contribution in [-0.2, 0) is 0 Å². The molecule has 272 valence electrons. The van der Waals surface area contributed by atoms with Crippen molar-refractivity contribution in [2.45, 2.75) is 62.7 Å². The minimum atomic E-state index is 0.277.